The maximum Gasteiger partial charge on any atom is 0.254 e. The Kier molecular flexibility index (Phi) is 4.65. The molecular weight excluding hydrogens is 278 g/mol. The van der Waals surface area contributed by atoms with Crippen LogP contribution in [0.5, 0.6) is 0 Å². The summed E-state index contributed by atoms with van der Waals surface area (Å²) in [7, 11) is 0. The monoisotopic (exact) mass is 297 g/mol. The number of nitrogens with one attached hydrogen (secondary N) is 2. The molecule has 0 aliphatic carbocycles. The van der Waals surface area contributed by atoms with Crippen molar-refractivity contribution in [3.05, 3.63) is 54.2 Å². The molecule has 3 rings (SSSR count). The number of nitrogens with zero attached hydrogens (tertiary/aromatic N) is 1. The third-order valence-corrected chi connectivity index (χ3v) is 3.58. The van der Waals surface area contributed by atoms with E-state index >= 15 is 0 Å². The lowest BCUT2D eigenvalue weighted by Crippen LogP contribution is -2.27. The van der Waals surface area contributed by atoms with Gasteiger partial charge in [-0.3, -0.25) is 4.79 Å². The fraction of sp³-hybridized carbons (Fsp3) is 0.294. The van der Waals surface area contributed by atoms with E-state index < -0.39 is 0 Å². The summed E-state index contributed by atoms with van der Waals surface area (Å²) in [6, 6.07) is 13.9. The van der Waals surface area contributed by atoms with Gasteiger partial charge >= 0.3 is 0 Å². The predicted octanol–water partition coefficient (Wildman–Crippen LogP) is 2.81. The number of hydrogen-bond donors (Lipinski definition) is 2. The summed E-state index contributed by atoms with van der Waals surface area (Å²) in [6.45, 7) is 1.40. The highest BCUT2D eigenvalue weighted by molar-refractivity contribution is 5.93. The second kappa shape index (κ2) is 7.04. The summed E-state index contributed by atoms with van der Waals surface area (Å²) in [4.78, 5) is 16.2. The normalized spacial score (nSPS) is 17.2. The molecule has 1 amide bonds. The van der Waals surface area contributed by atoms with E-state index in [1.54, 1.807) is 12.3 Å². The first-order chi connectivity index (χ1) is 10.8. The Morgan fingerprint density at radius 3 is 2.77 bits per heavy atom. The molecule has 1 aliphatic heterocycles. The van der Waals surface area contributed by atoms with Crippen LogP contribution in [0.15, 0.2) is 48.7 Å². The summed E-state index contributed by atoms with van der Waals surface area (Å²) >= 11 is 0. The SMILES string of the molecule is O=C(Nc1ccc(NCc2ccccc2)cn1)C1CCCO1. The third kappa shape index (κ3) is 3.83. The molecular formula is C17H19N3O2. The Morgan fingerprint density at radius 1 is 1.23 bits per heavy atom. The van der Waals surface area contributed by atoms with Crippen molar-refractivity contribution in [1.82, 2.24) is 4.98 Å². The third-order valence-electron chi connectivity index (χ3n) is 3.58. The molecule has 2 N–H and O–H groups in total. The summed E-state index contributed by atoms with van der Waals surface area (Å²) in [5, 5.41) is 6.08. The number of amides is 1. The fourth-order valence-corrected chi connectivity index (χ4v) is 2.36. The first kappa shape index (κ1) is 14.5. The lowest BCUT2D eigenvalue weighted by atomic mass is 10.2. The van der Waals surface area contributed by atoms with E-state index in [-0.39, 0.29) is 12.0 Å². The van der Waals surface area contributed by atoms with Gasteiger partial charge in [-0.25, -0.2) is 4.98 Å². The average Bonchev–Trinajstić information content (AvgIpc) is 3.10. The molecule has 0 saturated carbocycles. The van der Waals surface area contributed by atoms with Crippen LogP contribution in [0.4, 0.5) is 11.5 Å². The molecule has 1 unspecified atom stereocenters. The lowest BCUT2D eigenvalue weighted by molar-refractivity contribution is -0.124. The highest BCUT2D eigenvalue weighted by atomic mass is 16.5. The van der Waals surface area contributed by atoms with Crippen molar-refractivity contribution in [3.8, 4) is 0 Å². The van der Waals surface area contributed by atoms with E-state index in [2.05, 4.69) is 27.8 Å². The fourth-order valence-electron chi connectivity index (χ4n) is 2.36. The van der Waals surface area contributed by atoms with Gasteiger partial charge in [0.15, 0.2) is 0 Å². The molecule has 2 aromatic rings. The van der Waals surface area contributed by atoms with Gasteiger partial charge in [0.1, 0.15) is 11.9 Å². The van der Waals surface area contributed by atoms with Crippen LogP contribution in [0.2, 0.25) is 0 Å². The maximum absolute atomic E-state index is 11.9. The zero-order chi connectivity index (χ0) is 15.2. The van der Waals surface area contributed by atoms with E-state index in [1.807, 2.05) is 24.3 Å². The van der Waals surface area contributed by atoms with Gasteiger partial charge in [0.05, 0.1) is 11.9 Å². The minimum absolute atomic E-state index is 0.116. The number of rotatable bonds is 5. The van der Waals surface area contributed by atoms with Gasteiger partial charge in [-0.15, -0.1) is 0 Å². The Morgan fingerprint density at radius 2 is 2.09 bits per heavy atom. The Balaban J connectivity index is 1.52. The summed E-state index contributed by atoms with van der Waals surface area (Å²) in [5.74, 6) is 0.431. The van der Waals surface area contributed by atoms with Crippen LogP contribution in [0.25, 0.3) is 0 Å². The molecule has 1 atom stereocenters. The van der Waals surface area contributed by atoms with E-state index in [1.165, 1.54) is 5.56 Å². The van der Waals surface area contributed by atoms with Crippen molar-refractivity contribution in [1.29, 1.82) is 0 Å². The average molecular weight is 297 g/mol. The highest BCUT2D eigenvalue weighted by Gasteiger charge is 2.23. The number of hydrogen-bond acceptors (Lipinski definition) is 4. The molecule has 0 bridgehead atoms. The number of anilines is 2. The minimum Gasteiger partial charge on any atom is -0.380 e. The van der Waals surface area contributed by atoms with Gasteiger partial charge in [0.2, 0.25) is 0 Å². The largest absolute Gasteiger partial charge is 0.380 e. The van der Waals surface area contributed by atoms with Crippen LogP contribution in [-0.2, 0) is 16.1 Å². The van der Waals surface area contributed by atoms with Gasteiger partial charge in [-0.2, -0.15) is 0 Å². The molecule has 1 aromatic heterocycles. The second-order valence-corrected chi connectivity index (χ2v) is 5.26. The molecule has 1 aromatic carbocycles. The topological polar surface area (TPSA) is 63.2 Å². The quantitative estimate of drug-likeness (QED) is 0.891. The van der Waals surface area contributed by atoms with Gasteiger partial charge < -0.3 is 15.4 Å². The Labute approximate surface area is 129 Å². The van der Waals surface area contributed by atoms with Crippen LogP contribution in [0.3, 0.4) is 0 Å². The molecule has 114 valence electrons. The highest BCUT2D eigenvalue weighted by Crippen LogP contribution is 2.15. The van der Waals surface area contributed by atoms with Crippen molar-refractivity contribution < 1.29 is 9.53 Å². The van der Waals surface area contributed by atoms with Gasteiger partial charge in [0, 0.05) is 13.2 Å². The molecule has 0 radical (unpaired) electrons. The molecule has 5 heteroatoms. The second-order valence-electron chi connectivity index (χ2n) is 5.26. The van der Waals surface area contributed by atoms with Crippen LogP contribution in [0, 0.1) is 0 Å². The van der Waals surface area contributed by atoms with E-state index in [0.29, 0.717) is 12.4 Å². The van der Waals surface area contributed by atoms with Gasteiger partial charge in [-0.1, -0.05) is 30.3 Å². The minimum atomic E-state index is -0.335. The Hall–Kier alpha value is -2.40. The number of carbonyl (C=O) groups excluding carboxylic acids is 1. The van der Waals surface area contributed by atoms with Crippen molar-refractivity contribution in [2.45, 2.75) is 25.5 Å². The summed E-state index contributed by atoms with van der Waals surface area (Å²) in [5.41, 5.74) is 2.12. The molecule has 1 fully saturated rings. The standard InChI is InChI=1S/C17H19N3O2/c21-17(15-7-4-10-22-15)20-16-9-8-14(12-19-16)18-11-13-5-2-1-3-6-13/h1-3,5-6,8-9,12,15,18H,4,7,10-11H2,(H,19,20,21). The molecule has 1 saturated heterocycles. The zero-order valence-corrected chi connectivity index (χ0v) is 12.3. The first-order valence-corrected chi connectivity index (χ1v) is 7.47. The van der Waals surface area contributed by atoms with Crippen LogP contribution in [0.1, 0.15) is 18.4 Å². The molecule has 1 aliphatic rings. The Bertz CT molecular complexity index is 608. The summed E-state index contributed by atoms with van der Waals surface area (Å²) < 4.78 is 5.35. The van der Waals surface area contributed by atoms with Crippen LogP contribution in [-0.4, -0.2) is 23.6 Å². The van der Waals surface area contributed by atoms with Crippen molar-refractivity contribution in [3.63, 3.8) is 0 Å². The number of carbonyl (C=O) groups is 1. The summed E-state index contributed by atoms with van der Waals surface area (Å²) in [6.07, 6.45) is 3.10. The van der Waals surface area contributed by atoms with Crippen molar-refractivity contribution in [2.24, 2.45) is 0 Å². The van der Waals surface area contributed by atoms with Crippen molar-refractivity contribution >= 4 is 17.4 Å². The van der Waals surface area contributed by atoms with Crippen LogP contribution >= 0.6 is 0 Å². The zero-order valence-electron chi connectivity index (χ0n) is 12.3. The molecule has 22 heavy (non-hydrogen) atoms. The number of pyridine rings is 1. The van der Waals surface area contributed by atoms with Gasteiger partial charge in [0.25, 0.3) is 5.91 Å². The number of aromatic nitrogens is 1. The molecule has 2 heterocycles. The predicted molar refractivity (Wildman–Crippen MR) is 85.6 cm³/mol. The van der Waals surface area contributed by atoms with E-state index in [0.717, 1.165) is 25.1 Å². The van der Waals surface area contributed by atoms with E-state index in [4.69, 9.17) is 4.74 Å². The number of benzene rings is 1. The van der Waals surface area contributed by atoms with Crippen LogP contribution < -0.4 is 10.6 Å². The number of ether oxygens (including phenoxy) is 1. The van der Waals surface area contributed by atoms with Gasteiger partial charge in [-0.05, 0) is 30.5 Å². The van der Waals surface area contributed by atoms with E-state index in [9.17, 15) is 4.79 Å². The van der Waals surface area contributed by atoms with Crippen molar-refractivity contribution in [2.75, 3.05) is 17.2 Å². The lowest BCUT2D eigenvalue weighted by Gasteiger charge is -2.10. The smallest absolute Gasteiger partial charge is 0.254 e. The maximum atomic E-state index is 11.9. The first-order valence-electron chi connectivity index (χ1n) is 7.47. The molecule has 0 spiro atoms. The molecule has 5 nitrogen and oxygen atoms in total.